The zero-order valence-corrected chi connectivity index (χ0v) is 9.65. The van der Waals surface area contributed by atoms with E-state index in [-0.39, 0.29) is 11.2 Å². The average molecular weight is 224 g/mol. The smallest absolute Gasteiger partial charge is 0.277 e. The molecule has 0 aliphatic heterocycles. The van der Waals surface area contributed by atoms with Gasteiger partial charge in [-0.2, -0.15) is 0 Å². The Balaban J connectivity index is 2.83. The highest BCUT2D eigenvalue weighted by molar-refractivity contribution is 5.49. The number of nitro groups is 1. The van der Waals surface area contributed by atoms with Gasteiger partial charge in [-0.15, -0.1) is 0 Å². The number of nitrogens with one attached hydrogen (secondary N) is 1. The van der Waals surface area contributed by atoms with Crippen LogP contribution in [0.4, 0.5) is 11.5 Å². The van der Waals surface area contributed by atoms with Crippen LogP contribution in [0.25, 0.3) is 0 Å². The van der Waals surface area contributed by atoms with E-state index in [1.807, 2.05) is 13.8 Å². The third-order valence-electron chi connectivity index (χ3n) is 2.00. The molecule has 16 heavy (non-hydrogen) atoms. The Kier molecular flexibility index (Phi) is 3.44. The molecule has 88 valence electrons. The second kappa shape index (κ2) is 4.44. The summed E-state index contributed by atoms with van der Waals surface area (Å²) in [5.74, 6) is 0.468. The molecule has 1 rings (SSSR count). The quantitative estimate of drug-likeness (QED) is 0.596. The second-order valence-electron chi connectivity index (χ2n) is 4.46. The van der Waals surface area contributed by atoms with Crippen LogP contribution in [-0.4, -0.2) is 22.0 Å². The van der Waals surface area contributed by atoms with Crippen molar-refractivity contribution >= 4 is 11.5 Å². The van der Waals surface area contributed by atoms with Crippen LogP contribution in [0.2, 0.25) is 0 Å². The van der Waals surface area contributed by atoms with Crippen molar-refractivity contribution in [3.8, 4) is 0 Å². The lowest BCUT2D eigenvalue weighted by atomic mass is 10.1. The minimum absolute atomic E-state index is 0.0623. The van der Waals surface area contributed by atoms with E-state index in [2.05, 4.69) is 10.3 Å². The van der Waals surface area contributed by atoms with Crippen LogP contribution in [0, 0.1) is 17.0 Å². The summed E-state index contributed by atoms with van der Waals surface area (Å²) >= 11 is 0. The lowest BCUT2D eigenvalue weighted by Gasteiger charge is -2.19. The van der Waals surface area contributed by atoms with E-state index in [0.717, 1.165) is 0 Å². The van der Waals surface area contributed by atoms with Crippen LogP contribution >= 0.6 is 0 Å². The van der Waals surface area contributed by atoms with Gasteiger partial charge in [-0.25, -0.2) is 4.98 Å². The summed E-state index contributed by atoms with van der Waals surface area (Å²) in [4.78, 5) is 14.3. The Morgan fingerprint density at radius 3 is 2.75 bits per heavy atom. The summed E-state index contributed by atoms with van der Waals surface area (Å²) in [6, 6.07) is 1.42. The number of aromatic nitrogens is 1. The highest BCUT2D eigenvalue weighted by Gasteiger charge is 2.14. The minimum Gasteiger partial charge on any atom is -0.368 e. The molecular formula is C10H16N4O2. The standard InChI is InChI=1S/C10H16N4O2/c1-7-5-12-9(4-8(7)14(15)16)13-6-10(2,3)11/h4-5H,6,11H2,1-3H3,(H,12,13). The molecule has 1 heterocycles. The Morgan fingerprint density at radius 1 is 1.62 bits per heavy atom. The molecule has 0 aromatic carbocycles. The van der Waals surface area contributed by atoms with E-state index in [0.29, 0.717) is 17.9 Å². The first-order valence-electron chi connectivity index (χ1n) is 4.93. The van der Waals surface area contributed by atoms with Crippen molar-refractivity contribution in [1.82, 2.24) is 4.98 Å². The highest BCUT2D eigenvalue weighted by atomic mass is 16.6. The van der Waals surface area contributed by atoms with Crippen LogP contribution in [0.5, 0.6) is 0 Å². The van der Waals surface area contributed by atoms with Crippen LogP contribution in [0.1, 0.15) is 19.4 Å². The molecule has 1 aromatic rings. The summed E-state index contributed by atoms with van der Waals surface area (Å²) in [5.41, 5.74) is 6.01. The predicted molar refractivity (Wildman–Crippen MR) is 62.4 cm³/mol. The molecule has 3 N–H and O–H groups in total. The van der Waals surface area contributed by atoms with Crippen LogP contribution < -0.4 is 11.1 Å². The Bertz CT molecular complexity index is 398. The van der Waals surface area contributed by atoms with Crippen LogP contribution in [0.15, 0.2) is 12.3 Å². The number of aryl methyl sites for hydroxylation is 1. The van der Waals surface area contributed by atoms with Gasteiger partial charge < -0.3 is 11.1 Å². The van der Waals surface area contributed by atoms with Crippen molar-refractivity contribution in [1.29, 1.82) is 0 Å². The van der Waals surface area contributed by atoms with Crippen molar-refractivity contribution in [3.63, 3.8) is 0 Å². The predicted octanol–water partition coefficient (Wildman–Crippen LogP) is 1.45. The number of hydrogen-bond acceptors (Lipinski definition) is 5. The van der Waals surface area contributed by atoms with Gasteiger partial charge in [-0.3, -0.25) is 10.1 Å². The fraction of sp³-hybridized carbons (Fsp3) is 0.500. The van der Waals surface area contributed by atoms with Crippen LogP contribution in [0.3, 0.4) is 0 Å². The molecule has 0 radical (unpaired) electrons. The Hall–Kier alpha value is -1.69. The average Bonchev–Trinajstić information content (AvgIpc) is 2.14. The first-order chi connectivity index (χ1) is 7.29. The van der Waals surface area contributed by atoms with Gasteiger partial charge in [0.15, 0.2) is 0 Å². The lowest BCUT2D eigenvalue weighted by molar-refractivity contribution is -0.385. The molecule has 0 fully saturated rings. The van der Waals surface area contributed by atoms with E-state index in [1.54, 1.807) is 6.92 Å². The molecule has 6 nitrogen and oxygen atoms in total. The Labute approximate surface area is 94.0 Å². The van der Waals surface area contributed by atoms with Gasteiger partial charge in [-0.1, -0.05) is 0 Å². The number of hydrogen-bond donors (Lipinski definition) is 2. The van der Waals surface area contributed by atoms with Crippen LogP contribution in [-0.2, 0) is 0 Å². The molecule has 0 spiro atoms. The fourth-order valence-corrected chi connectivity index (χ4v) is 1.12. The maximum atomic E-state index is 10.7. The molecular weight excluding hydrogens is 208 g/mol. The molecule has 0 aliphatic rings. The van der Waals surface area contributed by atoms with E-state index in [9.17, 15) is 10.1 Å². The van der Waals surface area contributed by atoms with Crippen molar-refractivity contribution in [2.75, 3.05) is 11.9 Å². The molecule has 0 saturated carbocycles. The molecule has 0 amide bonds. The third-order valence-corrected chi connectivity index (χ3v) is 2.00. The van der Waals surface area contributed by atoms with Gasteiger partial charge in [0.05, 0.1) is 11.0 Å². The summed E-state index contributed by atoms with van der Waals surface area (Å²) in [6.07, 6.45) is 1.48. The van der Waals surface area contributed by atoms with Gasteiger partial charge in [0.2, 0.25) is 0 Å². The molecule has 1 aromatic heterocycles. The summed E-state index contributed by atoms with van der Waals surface area (Å²) in [7, 11) is 0. The first-order valence-corrected chi connectivity index (χ1v) is 4.93. The topological polar surface area (TPSA) is 94.1 Å². The maximum Gasteiger partial charge on any atom is 0.277 e. The number of anilines is 1. The van der Waals surface area contributed by atoms with Gasteiger partial charge >= 0.3 is 0 Å². The fourth-order valence-electron chi connectivity index (χ4n) is 1.12. The summed E-state index contributed by atoms with van der Waals surface area (Å²) in [5, 5.41) is 13.7. The van der Waals surface area contributed by atoms with Crippen molar-refractivity contribution < 1.29 is 4.92 Å². The van der Waals surface area contributed by atoms with Crippen molar-refractivity contribution in [2.45, 2.75) is 26.3 Å². The largest absolute Gasteiger partial charge is 0.368 e. The molecule has 0 bridgehead atoms. The summed E-state index contributed by atoms with van der Waals surface area (Å²) in [6.45, 7) is 5.88. The van der Waals surface area contributed by atoms with E-state index >= 15 is 0 Å². The van der Waals surface area contributed by atoms with E-state index < -0.39 is 4.92 Å². The Morgan fingerprint density at radius 2 is 2.25 bits per heavy atom. The molecule has 0 saturated heterocycles. The zero-order valence-electron chi connectivity index (χ0n) is 9.65. The number of nitrogens with zero attached hydrogens (tertiary/aromatic N) is 2. The minimum atomic E-state index is -0.421. The lowest BCUT2D eigenvalue weighted by Crippen LogP contribution is -2.39. The van der Waals surface area contributed by atoms with Crippen molar-refractivity contribution in [3.05, 3.63) is 27.9 Å². The highest BCUT2D eigenvalue weighted by Crippen LogP contribution is 2.19. The molecule has 6 heteroatoms. The first kappa shape index (κ1) is 12.4. The SMILES string of the molecule is Cc1cnc(NCC(C)(C)N)cc1[N+](=O)[O-]. The summed E-state index contributed by atoms with van der Waals surface area (Å²) < 4.78 is 0. The number of pyridine rings is 1. The van der Waals surface area contributed by atoms with E-state index in [4.69, 9.17) is 5.73 Å². The third kappa shape index (κ3) is 3.47. The number of rotatable bonds is 4. The maximum absolute atomic E-state index is 10.7. The van der Waals surface area contributed by atoms with E-state index in [1.165, 1.54) is 12.3 Å². The normalized spacial score (nSPS) is 11.2. The molecule has 0 unspecified atom stereocenters. The number of nitrogens with two attached hydrogens (primary N) is 1. The van der Waals surface area contributed by atoms with Gasteiger partial charge in [-0.05, 0) is 20.8 Å². The van der Waals surface area contributed by atoms with Gasteiger partial charge in [0, 0.05) is 23.8 Å². The van der Waals surface area contributed by atoms with Gasteiger partial charge in [0.25, 0.3) is 5.69 Å². The van der Waals surface area contributed by atoms with Gasteiger partial charge in [0.1, 0.15) is 5.82 Å². The van der Waals surface area contributed by atoms with Crippen molar-refractivity contribution in [2.24, 2.45) is 5.73 Å². The molecule has 0 aliphatic carbocycles. The molecule has 0 atom stereocenters. The monoisotopic (exact) mass is 224 g/mol. The zero-order chi connectivity index (χ0) is 12.3. The second-order valence-corrected chi connectivity index (χ2v) is 4.46.